The van der Waals surface area contributed by atoms with Crippen LogP contribution in [0.2, 0.25) is 0 Å². The second-order valence-electron chi connectivity index (χ2n) is 5.37. The maximum atomic E-state index is 10.7. The van der Waals surface area contributed by atoms with E-state index in [1.165, 1.54) is 44.9 Å². The molecule has 16 heavy (non-hydrogen) atoms. The Balaban J connectivity index is 1.81. The Morgan fingerprint density at radius 2 is 1.81 bits per heavy atom. The van der Waals surface area contributed by atoms with Crippen molar-refractivity contribution in [3.8, 4) is 0 Å². The Kier molecular flexibility index (Phi) is 4.22. The Morgan fingerprint density at radius 1 is 1.12 bits per heavy atom. The molecule has 0 atom stereocenters. The zero-order valence-electron chi connectivity index (χ0n) is 10.0. The second-order valence-corrected chi connectivity index (χ2v) is 5.37. The quantitative estimate of drug-likeness (QED) is 0.755. The van der Waals surface area contributed by atoms with E-state index in [1.54, 1.807) is 0 Å². The first-order chi connectivity index (χ1) is 7.75. The highest BCUT2D eigenvalue weighted by molar-refractivity contribution is 5.66. The molecule has 2 fully saturated rings. The van der Waals surface area contributed by atoms with Crippen LogP contribution in [-0.2, 0) is 4.79 Å². The molecule has 0 aromatic rings. The van der Waals surface area contributed by atoms with Gasteiger partial charge in [-0.25, -0.2) is 0 Å². The van der Waals surface area contributed by atoms with Gasteiger partial charge in [0, 0.05) is 19.1 Å². The minimum atomic E-state index is -0.656. The Morgan fingerprint density at radius 3 is 2.38 bits per heavy atom. The number of carbonyl (C=O) groups is 1. The van der Waals surface area contributed by atoms with Gasteiger partial charge < -0.3 is 5.11 Å². The summed E-state index contributed by atoms with van der Waals surface area (Å²) >= 11 is 0. The van der Waals surface area contributed by atoms with E-state index in [4.69, 9.17) is 5.11 Å². The van der Waals surface area contributed by atoms with Crippen molar-refractivity contribution >= 4 is 5.97 Å². The lowest BCUT2D eigenvalue weighted by molar-refractivity contribution is -0.137. The molecule has 0 spiro atoms. The number of carboxylic acids is 1. The topological polar surface area (TPSA) is 40.5 Å². The molecular weight excluding hydrogens is 202 g/mol. The van der Waals surface area contributed by atoms with E-state index < -0.39 is 5.97 Å². The second kappa shape index (κ2) is 5.67. The van der Waals surface area contributed by atoms with Crippen molar-refractivity contribution in [2.45, 2.75) is 57.4 Å². The minimum Gasteiger partial charge on any atom is -0.481 e. The van der Waals surface area contributed by atoms with Crippen LogP contribution in [0.5, 0.6) is 0 Å². The molecule has 92 valence electrons. The molecule has 3 nitrogen and oxygen atoms in total. The fourth-order valence-corrected chi connectivity index (χ4v) is 2.74. The summed E-state index contributed by atoms with van der Waals surface area (Å²) in [7, 11) is 0. The number of hydrogen-bond acceptors (Lipinski definition) is 2. The first-order valence-electron chi connectivity index (χ1n) is 6.71. The molecule has 1 N–H and O–H groups in total. The zero-order valence-corrected chi connectivity index (χ0v) is 10.0. The molecular formula is C13H23NO2. The zero-order chi connectivity index (χ0) is 11.4. The number of aliphatic carboxylic acids is 1. The third-order valence-electron chi connectivity index (χ3n) is 3.89. The molecule has 0 unspecified atom stereocenters. The number of hydrogen-bond donors (Lipinski definition) is 1. The number of rotatable bonds is 6. The molecule has 0 radical (unpaired) electrons. The Bertz CT molecular complexity index is 232. The maximum Gasteiger partial charge on any atom is 0.304 e. The van der Waals surface area contributed by atoms with Gasteiger partial charge in [-0.2, -0.15) is 0 Å². The smallest absolute Gasteiger partial charge is 0.304 e. The fourth-order valence-electron chi connectivity index (χ4n) is 2.74. The SMILES string of the molecule is O=C(O)CCN(CC1CC1)C1CCCCC1. The van der Waals surface area contributed by atoms with Crippen LogP contribution in [0, 0.1) is 5.92 Å². The first kappa shape index (κ1) is 11.9. The van der Waals surface area contributed by atoms with Gasteiger partial charge >= 0.3 is 5.97 Å². The van der Waals surface area contributed by atoms with E-state index >= 15 is 0 Å². The minimum absolute atomic E-state index is 0.309. The molecule has 2 saturated carbocycles. The van der Waals surface area contributed by atoms with Crippen LogP contribution < -0.4 is 0 Å². The summed E-state index contributed by atoms with van der Waals surface area (Å²) in [6.07, 6.45) is 9.62. The van der Waals surface area contributed by atoms with E-state index in [2.05, 4.69) is 4.90 Å². The predicted octanol–water partition coefficient (Wildman–Crippen LogP) is 2.51. The lowest BCUT2D eigenvalue weighted by Crippen LogP contribution is -2.39. The molecule has 0 amide bonds. The number of nitrogens with zero attached hydrogens (tertiary/aromatic N) is 1. The van der Waals surface area contributed by atoms with E-state index in [0.717, 1.165) is 19.0 Å². The van der Waals surface area contributed by atoms with Crippen molar-refractivity contribution in [3.63, 3.8) is 0 Å². The highest BCUT2D eigenvalue weighted by atomic mass is 16.4. The molecule has 0 aliphatic heterocycles. The molecule has 3 heteroatoms. The van der Waals surface area contributed by atoms with Crippen molar-refractivity contribution in [3.05, 3.63) is 0 Å². The highest BCUT2D eigenvalue weighted by Crippen LogP contribution is 2.32. The Labute approximate surface area is 97.8 Å². The summed E-state index contributed by atoms with van der Waals surface area (Å²) in [6, 6.07) is 0.675. The third-order valence-corrected chi connectivity index (χ3v) is 3.89. The van der Waals surface area contributed by atoms with Crippen LogP contribution in [0.1, 0.15) is 51.4 Å². The largest absolute Gasteiger partial charge is 0.481 e. The summed E-state index contributed by atoms with van der Waals surface area (Å²) in [5.41, 5.74) is 0. The van der Waals surface area contributed by atoms with Crippen LogP contribution in [0.3, 0.4) is 0 Å². The molecule has 2 aliphatic rings. The van der Waals surface area contributed by atoms with E-state index in [0.29, 0.717) is 12.5 Å². The Hall–Kier alpha value is -0.570. The van der Waals surface area contributed by atoms with Gasteiger partial charge in [-0.15, -0.1) is 0 Å². The van der Waals surface area contributed by atoms with Crippen molar-refractivity contribution < 1.29 is 9.90 Å². The molecule has 0 aromatic heterocycles. The van der Waals surface area contributed by atoms with Gasteiger partial charge in [0.05, 0.1) is 6.42 Å². The molecule has 0 bridgehead atoms. The predicted molar refractivity (Wildman–Crippen MR) is 63.4 cm³/mol. The van der Waals surface area contributed by atoms with Crippen molar-refractivity contribution in [1.29, 1.82) is 0 Å². The third kappa shape index (κ3) is 3.78. The van der Waals surface area contributed by atoms with Gasteiger partial charge in [-0.3, -0.25) is 9.69 Å². The molecule has 2 rings (SSSR count). The van der Waals surface area contributed by atoms with Gasteiger partial charge in [0.15, 0.2) is 0 Å². The van der Waals surface area contributed by atoms with Crippen molar-refractivity contribution in [2.24, 2.45) is 5.92 Å². The fraction of sp³-hybridized carbons (Fsp3) is 0.923. The average Bonchev–Trinajstić information content (AvgIpc) is 3.09. The van der Waals surface area contributed by atoms with Gasteiger partial charge in [0.25, 0.3) is 0 Å². The number of carboxylic acid groups (broad SMARTS) is 1. The first-order valence-corrected chi connectivity index (χ1v) is 6.71. The summed E-state index contributed by atoms with van der Waals surface area (Å²) in [5, 5.41) is 8.78. The van der Waals surface area contributed by atoms with E-state index in [-0.39, 0.29) is 0 Å². The van der Waals surface area contributed by atoms with Crippen molar-refractivity contribution in [1.82, 2.24) is 4.90 Å². The van der Waals surface area contributed by atoms with Crippen LogP contribution in [0.4, 0.5) is 0 Å². The van der Waals surface area contributed by atoms with Crippen LogP contribution >= 0.6 is 0 Å². The standard InChI is InChI=1S/C13H23NO2/c15-13(16)8-9-14(10-11-6-7-11)12-4-2-1-3-5-12/h11-12H,1-10H2,(H,15,16). The van der Waals surface area contributed by atoms with Crippen LogP contribution in [0.25, 0.3) is 0 Å². The average molecular weight is 225 g/mol. The molecule has 0 aromatic carbocycles. The lowest BCUT2D eigenvalue weighted by atomic mass is 9.94. The van der Waals surface area contributed by atoms with Gasteiger partial charge in [-0.05, 0) is 31.6 Å². The summed E-state index contributed by atoms with van der Waals surface area (Å²) in [4.78, 5) is 13.1. The van der Waals surface area contributed by atoms with E-state index in [1.807, 2.05) is 0 Å². The molecule has 2 aliphatic carbocycles. The molecule has 0 heterocycles. The van der Waals surface area contributed by atoms with Gasteiger partial charge in [0.2, 0.25) is 0 Å². The van der Waals surface area contributed by atoms with E-state index in [9.17, 15) is 4.79 Å². The van der Waals surface area contributed by atoms with Crippen LogP contribution in [-0.4, -0.2) is 35.1 Å². The summed E-state index contributed by atoms with van der Waals surface area (Å²) in [5.74, 6) is 0.215. The normalized spacial score (nSPS) is 22.6. The molecule has 0 saturated heterocycles. The highest BCUT2D eigenvalue weighted by Gasteiger charge is 2.28. The van der Waals surface area contributed by atoms with Gasteiger partial charge in [0.1, 0.15) is 0 Å². The maximum absolute atomic E-state index is 10.7. The van der Waals surface area contributed by atoms with Gasteiger partial charge in [-0.1, -0.05) is 19.3 Å². The summed E-state index contributed by atoms with van der Waals surface area (Å²) < 4.78 is 0. The van der Waals surface area contributed by atoms with Crippen LogP contribution in [0.15, 0.2) is 0 Å². The van der Waals surface area contributed by atoms with Crippen molar-refractivity contribution in [2.75, 3.05) is 13.1 Å². The summed E-state index contributed by atoms with van der Waals surface area (Å²) in [6.45, 7) is 1.91. The lowest BCUT2D eigenvalue weighted by Gasteiger charge is -2.34. The monoisotopic (exact) mass is 225 g/mol.